The van der Waals surface area contributed by atoms with Gasteiger partial charge in [-0.25, -0.2) is 0 Å². The summed E-state index contributed by atoms with van der Waals surface area (Å²) in [4.78, 5) is 10.3. The highest BCUT2D eigenvalue weighted by Crippen LogP contribution is 2.20. The predicted octanol–water partition coefficient (Wildman–Crippen LogP) is 3.44. The van der Waals surface area contributed by atoms with E-state index in [0.29, 0.717) is 0 Å². The Kier molecular flexibility index (Phi) is 3.90. The van der Waals surface area contributed by atoms with Gasteiger partial charge in [-0.1, -0.05) is 35.0 Å². The lowest BCUT2D eigenvalue weighted by atomic mass is 10.0. The molecule has 0 aliphatic carbocycles. The minimum atomic E-state index is 0.833. The first-order chi connectivity index (χ1) is 6.27. The van der Waals surface area contributed by atoms with Crippen molar-refractivity contribution in [1.82, 2.24) is 0 Å². The topological polar surface area (TPSA) is 17.1 Å². The number of allylic oxidation sites excluding steroid dienone is 2. The lowest BCUT2D eigenvalue weighted by Crippen LogP contribution is -1.83. The number of carbonyl (C=O) groups excluding carboxylic acids is 1. The number of carbonyl (C=O) groups is 1. The molecule has 0 radical (unpaired) electrons. The lowest BCUT2D eigenvalue weighted by Gasteiger charge is -2.03. The summed E-state index contributed by atoms with van der Waals surface area (Å²) in [6.45, 7) is 2.04. The Balaban J connectivity index is 3.05. The maximum absolute atomic E-state index is 10.3. The normalized spacial score (nSPS) is 11.4. The van der Waals surface area contributed by atoms with Crippen molar-refractivity contribution in [3.05, 3.63) is 40.4 Å². The van der Waals surface area contributed by atoms with Crippen LogP contribution in [0.5, 0.6) is 0 Å². The number of hydrogen-bond acceptors (Lipinski definition) is 1. The Labute approximate surface area is 86.6 Å². The molecule has 0 bridgehead atoms. The lowest BCUT2D eigenvalue weighted by molar-refractivity contribution is -0.104. The van der Waals surface area contributed by atoms with Crippen molar-refractivity contribution in [2.75, 3.05) is 0 Å². The predicted molar refractivity (Wildman–Crippen MR) is 58.5 cm³/mol. The van der Waals surface area contributed by atoms with Gasteiger partial charge in [-0.3, -0.25) is 4.79 Å². The molecule has 0 heterocycles. The second kappa shape index (κ2) is 4.97. The highest BCUT2D eigenvalue weighted by molar-refractivity contribution is 9.10. The zero-order valence-corrected chi connectivity index (χ0v) is 9.04. The molecule has 2 heteroatoms. The number of hydrogen-bond donors (Lipinski definition) is 0. The van der Waals surface area contributed by atoms with Gasteiger partial charge in [0.25, 0.3) is 0 Å². The minimum absolute atomic E-state index is 0.833. The molecule has 0 amide bonds. The molecule has 1 aromatic rings. The molecule has 0 aromatic heterocycles. The molecular formula is C11H11BrO. The molecule has 0 saturated heterocycles. The third-order valence-corrected chi connectivity index (χ3v) is 2.34. The molecular weight excluding hydrogens is 228 g/mol. The van der Waals surface area contributed by atoms with Crippen molar-refractivity contribution in [3.63, 3.8) is 0 Å². The van der Waals surface area contributed by atoms with Gasteiger partial charge in [0.2, 0.25) is 0 Å². The van der Waals surface area contributed by atoms with Crippen molar-refractivity contribution in [2.24, 2.45) is 0 Å². The molecule has 0 aliphatic rings. The summed E-state index contributed by atoms with van der Waals surface area (Å²) in [6, 6.07) is 7.95. The summed E-state index contributed by atoms with van der Waals surface area (Å²) in [7, 11) is 0. The Bertz CT molecular complexity index is 329. The average molecular weight is 239 g/mol. The van der Waals surface area contributed by atoms with Gasteiger partial charge in [-0.05, 0) is 35.8 Å². The van der Waals surface area contributed by atoms with Crippen molar-refractivity contribution >= 4 is 27.8 Å². The van der Waals surface area contributed by atoms with Crippen molar-refractivity contribution in [1.29, 1.82) is 0 Å². The zero-order valence-electron chi connectivity index (χ0n) is 7.46. The van der Waals surface area contributed by atoms with Crippen LogP contribution in [0.1, 0.15) is 18.9 Å². The molecule has 0 atom stereocenters. The Morgan fingerprint density at radius 3 is 2.85 bits per heavy atom. The van der Waals surface area contributed by atoms with E-state index in [1.54, 1.807) is 6.08 Å². The Morgan fingerprint density at radius 2 is 2.31 bits per heavy atom. The third-order valence-electron chi connectivity index (χ3n) is 1.85. The van der Waals surface area contributed by atoms with Crippen LogP contribution in [0.4, 0.5) is 0 Å². The largest absolute Gasteiger partial charge is 0.299 e. The Morgan fingerprint density at radius 1 is 1.54 bits per heavy atom. The monoisotopic (exact) mass is 238 g/mol. The summed E-state index contributed by atoms with van der Waals surface area (Å²) < 4.78 is 1.04. The molecule has 0 aliphatic heterocycles. The highest BCUT2D eigenvalue weighted by atomic mass is 79.9. The van der Waals surface area contributed by atoms with Gasteiger partial charge < -0.3 is 0 Å². The van der Waals surface area contributed by atoms with Crippen LogP contribution >= 0.6 is 15.9 Å². The fourth-order valence-corrected chi connectivity index (χ4v) is 1.59. The quantitative estimate of drug-likeness (QED) is 0.583. The third kappa shape index (κ3) is 2.81. The minimum Gasteiger partial charge on any atom is -0.299 e. The molecule has 0 N–H and O–H groups in total. The second-order valence-electron chi connectivity index (χ2n) is 2.69. The molecule has 1 rings (SSSR count). The zero-order chi connectivity index (χ0) is 9.68. The van der Waals surface area contributed by atoms with Gasteiger partial charge >= 0.3 is 0 Å². The fraction of sp³-hybridized carbons (Fsp3) is 0.182. The smallest absolute Gasteiger partial charge is 0.143 e. The highest BCUT2D eigenvalue weighted by Gasteiger charge is 1.98. The number of benzene rings is 1. The van der Waals surface area contributed by atoms with E-state index in [2.05, 4.69) is 15.9 Å². The summed E-state index contributed by atoms with van der Waals surface area (Å²) in [5.41, 5.74) is 2.17. The SMILES string of the molecule is CC/C(=C/C=O)c1cccc(Br)c1. The van der Waals surface area contributed by atoms with E-state index in [-0.39, 0.29) is 0 Å². The standard InChI is InChI=1S/C11H11BrO/c1-2-9(6-7-13)10-4-3-5-11(12)8-10/h3-8H,2H2,1H3/b9-6-. The van der Waals surface area contributed by atoms with E-state index in [1.807, 2.05) is 31.2 Å². The molecule has 0 saturated carbocycles. The van der Waals surface area contributed by atoms with Gasteiger partial charge in [-0.15, -0.1) is 0 Å². The van der Waals surface area contributed by atoms with Crippen LogP contribution in [0.15, 0.2) is 34.8 Å². The maximum atomic E-state index is 10.3. The van der Waals surface area contributed by atoms with E-state index in [9.17, 15) is 4.79 Å². The van der Waals surface area contributed by atoms with Crippen LogP contribution in [0.3, 0.4) is 0 Å². The maximum Gasteiger partial charge on any atom is 0.143 e. The van der Waals surface area contributed by atoms with Crippen LogP contribution in [0.25, 0.3) is 5.57 Å². The number of halogens is 1. The molecule has 0 unspecified atom stereocenters. The Hall–Kier alpha value is -0.890. The summed E-state index contributed by atoms with van der Waals surface area (Å²) >= 11 is 3.40. The first-order valence-electron chi connectivity index (χ1n) is 4.18. The molecule has 0 spiro atoms. The van der Waals surface area contributed by atoms with Crippen LogP contribution in [-0.2, 0) is 4.79 Å². The van der Waals surface area contributed by atoms with Crippen molar-refractivity contribution in [3.8, 4) is 0 Å². The van der Waals surface area contributed by atoms with Gasteiger partial charge in [0, 0.05) is 4.47 Å². The molecule has 1 nitrogen and oxygen atoms in total. The second-order valence-corrected chi connectivity index (χ2v) is 3.61. The number of aldehydes is 1. The first-order valence-corrected chi connectivity index (χ1v) is 4.97. The van der Waals surface area contributed by atoms with Crippen LogP contribution in [0.2, 0.25) is 0 Å². The van der Waals surface area contributed by atoms with Gasteiger partial charge in [-0.2, -0.15) is 0 Å². The summed E-state index contributed by atoms with van der Waals surface area (Å²) in [5, 5.41) is 0. The van der Waals surface area contributed by atoms with E-state index >= 15 is 0 Å². The van der Waals surface area contributed by atoms with Gasteiger partial charge in [0.15, 0.2) is 0 Å². The van der Waals surface area contributed by atoms with Crippen LogP contribution in [-0.4, -0.2) is 6.29 Å². The van der Waals surface area contributed by atoms with Gasteiger partial charge in [0.1, 0.15) is 6.29 Å². The van der Waals surface area contributed by atoms with E-state index in [0.717, 1.165) is 28.3 Å². The molecule has 13 heavy (non-hydrogen) atoms. The number of rotatable bonds is 3. The molecule has 68 valence electrons. The van der Waals surface area contributed by atoms with E-state index < -0.39 is 0 Å². The van der Waals surface area contributed by atoms with Gasteiger partial charge in [0.05, 0.1) is 0 Å². The average Bonchev–Trinajstić information content (AvgIpc) is 2.14. The van der Waals surface area contributed by atoms with E-state index in [1.165, 1.54) is 0 Å². The van der Waals surface area contributed by atoms with Crippen molar-refractivity contribution < 1.29 is 4.79 Å². The van der Waals surface area contributed by atoms with Crippen LogP contribution in [0, 0.1) is 0 Å². The van der Waals surface area contributed by atoms with Crippen LogP contribution < -0.4 is 0 Å². The summed E-state index contributed by atoms with van der Waals surface area (Å²) in [5.74, 6) is 0. The first kappa shape index (κ1) is 10.2. The summed E-state index contributed by atoms with van der Waals surface area (Å²) in [6.07, 6.45) is 3.32. The fourth-order valence-electron chi connectivity index (χ4n) is 1.19. The van der Waals surface area contributed by atoms with E-state index in [4.69, 9.17) is 0 Å². The molecule has 0 fully saturated rings. The van der Waals surface area contributed by atoms with Crippen molar-refractivity contribution in [2.45, 2.75) is 13.3 Å². The molecule has 1 aromatic carbocycles.